The van der Waals surface area contributed by atoms with Crippen LogP contribution in [0.15, 0.2) is 0 Å². The Kier molecular flexibility index (Phi) is 1.66. The van der Waals surface area contributed by atoms with E-state index in [1.165, 1.54) is 32.1 Å². The molecule has 0 aromatic rings. The lowest BCUT2D eigenvalue weighted by Crippen LogP contribution is -2.49. The lowest BCUT2D eigenvalue weighted by Gasteiger charge is -2.51. The Morgan fingerprint density at radius 1 is 1.29 bits per heavy atom. The van der Waals surface area contributed by atoms with Crippen molar-refractivity contribution in [2.45, 2.75) is 58.0 Å². The topological polar surface area (TPSA) is 0 Å². The molecule has 3 aliphatic carbocycles. The summed E-state index contributed by atoms with van der Waals surface area (Å²) in [5.74, 6) is 2.50. The van der Waals surface area contributed by atoms with Crippen molar-refractivity contribution < 1.29 is 4.39 Å². The van der Waals surface area contributed by atoms with Gasteiger partial charge in [-0.2, -0.15) is 0 Å². The number of fused-ring (bicyclic) bond motifs is 1. The number of alkyl halides is 1. The van der Waals surface area contributed by atoms with Gasteiger partial charge in [0, 0.05) is 5.41 Å². The van der Waals surface area contributed by atoms with Crippen LogP contribution in [0, 0.1) is 23.2 Å². The summed E-state index contributed by atoms with van der Waals surface area (Å²) in [6, 6.07) is 0. The third kappa shape index (κ3) is 0.940. The molecular weight excluding hydrogens is 175 g/mol. The van der Waals surface area contributed by atoms with Crippen LogP contribution in [-0.4, -0.2) is 5.67 Å². The highest BCUT2D eigenvalue weighted by Gasteiger charge is 2.62. The average Bonchev–Trinajstić information content (AvgIpc) is 2.56. The Hall–Kier alpha value is -0.0700. The molecule has 0 heterocycles. The van der Waals surface area contributed by atoms with Crippen molar-refractivity contribution in [3.8, 4) is 0 Å². The number of rotatable bonds is 1. The van der Waals surface area contributed by atoms with Crippen LogP contribution in [0.2, 0.25) is 0 Å². The number of hydrogen-bond acceptors (Lipinski definition) is 0. The van der Waals surface area contributed by atoms with E-state index in [1.54, 1.807) is 0 Å². The van der Waals surface area contributed by atoms with E-state index in [2.05, 4.69) is 0 Å². The molecule has 0 nitrogen and oxygen atoms in total. The van der Waals surface area contributed by atoms with Crippen LogP contribution in [0.25, 0.3) is 0 Å². The second-order valence-corrected chi connectivity index (χ2v) is 6.43. The fourth-order valence-electron chi connectivity index (χ4n) is 5.02. The predicted molar refractivity (Wildman–Crippen MR) is 55.8 cm³/mol. The molecule has 1 heteroatoms. The summed E-state index contributed by atoms with van der Waals surface area (Å²) in [5.41, 5.74) is -0.857. The Balaban J connectivity index is 1.99. The van der Waals surface area contributed by atoms with E-state index in [1.807, 2.05) is 13.8 Å². The van der Waals surface area contributed by atoms with Crippen molar-refractivity contribution in [2.75, 3.05) is 0 Å². The fourth-order valence-corrected chi connectivity index (χ4v) is 5.02. The van der Waals surface area contributed by atoms with Gasteiger partial charge in [0.05, 0.1) is 0 Å². The molecule has 3 rings (SSSR count). The van der Waals surface area contributed by atoms with E-state index in [0.717, 1.165) is 24.2 Å². The SMILES string of the molecule is CC(C)(F)C12CCCC3CC(C[C@H]31)C2. The highest BCUT2D eigenvalue weighted by molar-refractivity contribution is 5.12. The van der Waals surface area contributed by atoms with Gasteiger partial charge in [0.15, 0.2) is 0 Å². The van der Waals surface area contributed by atoms with Crippen LogP contribution in [0.4, 0.5) is 4.39 Å². The zero-order valence-corrected chi connectivity index (χ0v) is 9.35. The van der Waals surface area contributed by atoms with Gasteiger partial charge < -0.3 is 0 Å². The lowest BCUT2D eigenvalue weighted by molar-refractivity contribution is -0.0741. The first kappa shape index (κ1) is 9.18. The average molecular weight is 196 g/mol. The van der Waals surface area contributed by atoms with E-state index in [-0.39, 0.29) is 5.41 Å². The van der Waals surface area contributed by atoms with Crippen LogP contribution >= 0.6 is 0 Å². The Morgan fingerprint density at radius 3 is 2.64 bits per heavy atom. The van der Waals surface area contributed by atoms with Gasteiger partial charge in [0.25, 0.3) is 0 Å². The second-order valence-electron chi connectivity index (χ2n) is 6.43. The fraction of sp³-hybridized carbons (Fsp3) is 1.00. The third-order valence-corrected chi connectivity index (χ3v) is 5.54. The highest BCUT2D eigenvalue weighted by atomic mass is 19.1. The molecule has 0 radical (unpaired) electrons. The number of hydrogen-bond donors (Lipinski definition) is 0. The summed E-state index contributed by atoms with van der Waals surface area (Å²) >= 11 is 0. The van der Waals surface area contributed by atoms with E-state index < -0.39 is 5.67 Å². The Labute approximate surface area is 86.3 Å². The normalized spacial score (nSPS) is 51.2. The lowest BCUT2D eigenvalue weighted by atomic mass is 9.55. The van der Waals surface area contributed by atoms with Crippen molar-refractivity contribution in [3.63, 3.8) is 0 Å². The smallest absolute Gasteiger partial charge is 0.111 e. The van der Waals surface area contributed by atoms with Crippen molar-refractivity contribution in [2.24, 2.45) is 23.2 Å². The van der Waals surface area contributed by atoms with Gasteiger partial charge in [-0.25, -0.2) is 4.39 Å². The standard InChI is InChI=1S/C13H21F/c1-12(2,14)13-5-3-4-10-6-9(8-13)7-11(10)13/h9-11H,3-8H2,1-2H3/t9?,10?,11-,13?/m1/s1. The molecule has 0 spiro atoms. The molecule has 0 aromatic carbocycles. The van der Waals surface area contributed by atoms with Crippen LogP contribution in [-0.2, 0) is 0 Å². The first-order chi connectivity index (χ1) is 6.53. The molecule has 3 fully saturated rings. The quantitative estimate of drug-likeness (QED) is 0.595. The number of halogens is 1. The van der Waals surface area contributed by atoms with Crippen molar-refractivity contribution in [1.82, 2.24) is 0 Å². The summed E-state index contributed by atoms with van der Waals surface area (Å²) < 4.78 is 14.4. The van der Waals surface area contributed by atoms with Gasteiger partial charge in [-0.1, -0.05) is 12.8 Å². The molecular formula is C13H21F. The Morgan fingerprint density at radius 2 is 2.07 bits per heavy atom. The summed E-state index contributed by atoms with van der Waals surface area (Å²) in [7, 11) is 0. The second kappa shape index (κ2) is 2.54. The van der Waals surface area contributed by atoms with Gasteiger partial charge in [0.1, 0.15) is 5.67 Å². The van der Waals surface area contributed by atoms with Gasteiger partial charge in [0.2, 0.25) is 0 Å². The first-order valence-electron chi connectivity index (χ1n) is 6.22. The molecule has 14 heavy (non-hydrogen) atoms. The molecule has 0 saturated heterocycles. The van der Waals surface area contributed by atoms with Gasteiger partial charge >= 0.3 is 0 Å². The highest BCUT2D eigenvalue weighted by Crippen LogP contribution is 2.68. The maximum absolute atomic E-state index is 14.4. The van der Waals surface area contributed by atoms with Crippen molar-refractivity contribution in [3.05, 3.63) is 0 Å². The zero-order valence-electron chi connectivity index (χ0n) is 9.35. The van der Waals surface area contributed by atoms with E-state index >= 15 is 0 Å². The monoisotopic (exact) mass is 196 g/mol. The van der Waals surface area contributed by atoms with E-state index in [4.69, 9.17) is 0 Å². The molecule has 4 atom stereocenters. The molecule has 0 amide bonds. The maximum Gasteiger partial charge on any atom is 0.111 e. The minimum Gasteiger partial charge on any atom is -0.244 e. The Bertz CT molecular complexity index is 252. The van der Waals surface area contributed by atoms with E-state index in [9.17, 15) is 4.39 Å². The first-order valence-corrected chi connectivity index (χ1v) is 6.22. The minimum absolute atomic E-state index is 0.0822. The summed E-state index contributed by atoms with van der Waals surface area (Å²) in [5, 5.41) is 0. The van der Waals surface area contributed by atoms with Crippen LogP contribution < -0.4 is 0 Å². The molecule has 0 aliphatic heterocycles. The van der Waals surface area contributed by atoms with Gasteiger partial charge in [-0.15, -0.1) is 0 Å². The molecule has 0 N–H and O–H groups in total. The summed E-state index contributed by atoms with van der Waals surface area (Å²) in [6.07, 6.45) is 7.78. The summed E-state index contributed by atoms with van der Waals surface area (Å²) in [6.45, 7) is 3.66. The van der Waals surface area contributed by atoms with Crippen LogP contribution in [0.5, 0.6) is 0 Å². The minimum atomic E-state index is -0.939. The predicted octanol–water partition coefficient (Wildman–Crippen LogP) is 3.95. The maximum atomic E-state index is 14.4. The molecule has 3 unspecified atom stereocenters. The van der Waals surface area contributed by atoms with Crippen molar-refractivity contribution in [1.29, 1.82) is 0 Å². The molecule has 0 aromatic heterocycles. The van der Waals surface area contributed by atoms with E-state index in [0.29, 0.717) is 0 Å². The molecule has 3 saturated carbocycles. The largest absolute Gasteiger partial charge is 0.244 e. The zero-order chi connectivity index (χ0) is 9.97. The third-order valence-electron chi connectivity index (χ3n) is 5.54. The van der Waals surface area contributed by atoms with Crippen molar-refractivity contribution >= 4 is 0 Å². The molecule has 80 valence electrons. The summed E-state index contributed by atoms with van der Waals surface area (Å²) in [4.78, 5) is 0. The van der Waals surface area contributed by atoms with Gasteiger partial charge in [-0.05, 0) is 57.3 Å². The van der Waals surface area contributed by atoms with Gasteiger partial charge in [-0.3, -0.25) is 0 Å². The molecule has 3 aliphatic rings. The van der Waals surface area contributed by atoms with Crippen LogP contribution in [0.3, 0.4) is 0 Å². The van der Waals surface area contributed by atoms with Crippen LogP contribution in [0.1, 0.15) is 52.4 Å². The molecule has 2 bridgehead atoms.